The molecular weight excluding hydrogens is 216 g/mol. The molecule has 1 aliphatic heterocycles. The molecule has 1 heterocycles. The molecule has 0 saturated carbocycles. The second-order valence-electron chi connectivity index (χ2n) is 5.18. The van der Waals surface area contributed by atoms with Gasteiger partial charge in [0.05, 0.1) is 5.60 Å². The van der Waals surface area contributed by atoms with E-state index >= 15 is 0 Å². The minimum Gasteiger partial charge on any atom is -0.388 e. The number of hydrogen-bond acceptors (Lipinski definition) is 4. The second kappa shape index (κ2) is 8.03. The van der Waals surface area contributed by atoms with E-state index in [1.54, 1.807) is 0 Å². The van der Waals surface area contributed by atoms with Gasteiger partial charge in [-0.1, -0.05) is 6.92 Å². The average molecular weight is 244 g/mol. The molecule has 102 valence electrons. The first-order chi connectivity index (χ1) is 8.16. The van der Waals surface area contributed by atoms with Crippen molar-refractivity contribution in [3.63, 3.8) is 0 Å². The Bertz CT molecular complexity index is 194. The lowest BCUT2D eigenvalue weighted by molar-refractivity contribution is -0.0768. The summed E-state index contributed by atoms with van der Waals surface area (Å²) in [6.45, 7) is 7.55. The van der Waals surface area contributed by atoms with Gasteiger partial charge in [-0.2, -0.15) is 0 Å². The predicted molar refractivity (Wildman–Crippen MR) is 70.3 cm³/mol. The fraction of sp³-hybridized carbons (Fsp3) is 1.00. The van der Waals surface area contributed by atoms with Crippen molar-refractivity contribution in [2.45, 2.75) is 38.2 Å². The third-order valence-electron chi connectivity index (χ3n) is 3.31. The van der Waals surface area contributed by atoms with E-state index in [0.717, 1.165) is 45.4 Å². The molecule has 0 radical (unpaired) electrons. The van der Waals surface area contributed by atoms with Gasteiger partial charge in [-0.05, 0) is 39.5 Å². The smallest absolute Gasteiger partial charge is 0.0817 e. The number of rotatable bonds is 8. The fourth-order valence-electron chi connectivity index (χ4n) is 2.27. The fourth-order valence-corrected chi connectivity index (χ4v) is 2.27. The van der Waals surface area contributed by atoms with Gasteiger partial charge >= 0.3 is 0 Å². The Labute approximate surface area is 105 Å². The standard InChI is InChI=1S/C13H28N2O2/c1-3-7-14-8-4-9-15(2)12-13(16)5-10-17-11-6-13/h14,16H,3-12H2,1-2H3. The van der Waals surface area contributed by atoms with Crippen molar-refractivity contribution < 1.29 is 9.84 Å². The van der Waals surface area contributed by atoms with Crippen molar-refractivity contribution in [1.29, 1.82) is 0 Å². The van der Waals surface area contributed by atoms with Crippen molar-refractivity contribution in [3.8, 4) is 0 Å². The Kier molecular flexibility index (Phi) is 7.04. The third kappa shape index (κ3) is 6.36. The Balaban J connectivity index is 2.08. The van der Waals surface area contributed by atoms with Crippen LogP contribution in [0, 0.1) is 0 Å². The first-order valence-corrected chi connectivity index (χ1v) is 6.86. The molecular formula is C13H28N2O2. The number of nitrogens with zero attached hydrogens (tertiary/aromatic N) is 1. The van der Waals surface area contributed by atoms with Gasteiger partial charge in [0, 0.05) is 32.6 Å². The lowest BCUT2D eigenvalue weighted by atomic mass is 9.94. The van der Waals surface area contributed by atoms with Crippen LogP contribution in [-0.2, 0) is 4.74 Å². The Hall–Kier alpha value is -0.160. The minimum atomic E-state index is -0.524. The molecule has 0 aromatic rings. The molecule has 17 heavy (non-hydrogen) atoms. The van der Waals surface area contributed by atoms with Crippen LogP contribution in [0.5, 0.6) is 0 Å². The Morgan fingerprint density at radius 2 is 2.00 bits per heavy atom. The van der Waals surface area contributed by atoms with E-state index in [9.17, 15) is 5.11 Å². The second-order valence-corrected chi connectivity index (χ2v) is 5.18. The van der Waals surface area contributed by atoms with E-state index in [4.69, 9.17) is 4.74 Å². The van der Waals surface area contributed by atoms with Gasteiger partial charge in [0.2, 0.25) is 0 Å². The van der Waals surface area contributed by atoms with Crippen LogP contribution in [-0.4, -0.2) is 62.0 Å². The number of nitrogens with one attached hydrogen (secondary N) is 1. The summed E-state index contributed by atoms with van der Waals surface area (Å²) in [5, 5.41) is 13.7. The van der Waals surface area contributed by atoms with Gasteiger partial charge in [0.15, 0.2) is 0 Å². The van der Waals surface area contributed by atoms with E-state index in [-0.39, 0.29) is 0 Å². The largest absolute Gasteiger partial charge is 0.388 e. The maximum absolute atomic E-state index is 10.3. The highest BCUT2D eigenvalue weighted by atomic mass is 16.5. The summed E-state index contributed by atoms with van der Waals surface area (Å²) in [5.41, 5.74) is -0.524. The monoisotopic (exact) mass is 244 g/mol. The first-order valence-electron chi connectivity index (χ1n) is 6.86. The summed E-state index contributed by atoms with van der Waals surface area (Å²) in [5.74, 6) is 0. The van der Waals surface area contributed by atoms with Crippen LogP contribution in [0.3, 0.4) is 0 Å². The van der Waals surface area contributed by atoms with Crippen LogP contribution < -0.4 is 5.32 Å². The number of ether oxygens (including phenoxy) is 1. The topological polar surface area (TPSA) is 44.7 Å². The number of likely N-dealkylation sites (N-methyl/N-ethyl adjacent to an activating group) is 1. The lowest BCUT2D eigenvalue weighted by Gasteiger charge is -2.35. The number of hydrogen-bond donors (Lipinski definition) is 2. The zero-order valence-corrected chi connectivity index (χ0v) is 11.4. The minimum absolute atomic E-state index is 0.524. The van der Waals surface area contributed by atoms with Crippen molar-refractivity contribution in [1.82, 2.24) is 10.2 Å². The van der Waals surface area contributed by atoms with Crippen molar-refractivity contribution in [2.24, 2.45) is 0 Å². The van der Waals surface area contributed by atoms with E-state index in [1.165, 1.54) is 6.42 Å². The third-order valence-corrected chi connectivity index (χ3v) is 3.31. The van der Waals surface area contributed by atoms with Crippen LogP contribution in [0.2, 0.25) is 0 Å². The molecule has 0 aromatic heterocycles. The van der Waals surface area contributed by atoms with Crippen LogP contribution in [0.4, 0.5) is 0 Å². The van der Waals surface area contributed by atoms with Crippen LogP contribution >= 0.6 is 0 Å². The molecule has 4 nitrogen and oxygen atoms in total. The summed E-state index contributed by atoms with van der Waals surface area (Å²) in [6, 6.07) is 0. The van der Waals surface area contributed by atoms with E-state index in [1.807, 2.05) is 0 Å². The molecule has 0 unspecified atom stereocenters. The Morgan fingerprint density at radius 1 is 1.29 bits per heavy atom. The van der Waals surface area contributed by atoms with E-state index in [2.05, 4.69) is 24.2 Å². The van der Waals surface area contributed by atoms with Gasteiger partial charge in [-0.3, -0.25) is 0 Å². The molecule has 1 saturated heterocycles. The molecule has 2 N–H and O–H groups in total. The molecule has 1 rings (SSSR count). The van der Waals surface area contributed by atoms with Gasteiger partial charge in [0.25, 0.3) is 0 Å². The summed E-state index contributed by atoms with van der Waals surface area (Å²) in [4.78, 5) is 2.24. The highest BCUT2D eigenvalue weighted by Gasteiger charge is 2.30. The quantitative estimate of drug-likeness (QED) is 0.621. The van der Waals surface area contributed by atoms with E-state index < -0.39 is 5.60 Å². The molecule has 0 atom stereocenters. The number of aliphatic hydroxyl groups is 1. The van der Waals surface area contributed by atoms with Crippen molar-refractivity contribution in [2.75, 3.05) is 46.4 Å². The zero-order chi connectivity index (χ0) is 12.6. The summed E-state index contributed by atoms with van der Waals surface area (Å²) in [6.07, 6.45) is 3.87. The van der Waals surface area contributed by atoms with Gasteiger partial charge < -0.3 is 20.1 Å². The van der Waals surface area contributed by atoms with Crippen LogP contribution in [0.1, 0.15) is 32.6 Å². The zero-order valence-electron chi connectivity index (χ0n) is 11.4. The molecule has 1 fully saturated rings. The van der Waals surface area contributed by atoms with Gasteiger partial charge in [0.1, 0.15) is 0 Å². The predicted octanol–water partition coefficient (Wildman–Crippen LogP) is 0.849. The average Bonchev–Trinajstić information content (AvgIpc) is 2.29. The highest BCUT2D eigenvalue weighted by molar-refractivity contribution is 4.83. The molecule has 0 amide bonds. The molecule has 4 heteroatoms. The highest BCUT2D eigenvalue weighted by Crippen LogP contribution is 2.21. The molecule has 0 spiro atoms. The van der Waals surface area contributed by atoms with E-state index in [0.29, 0.717) is 13.2 Å². The summed E-state index contributed by atoms with van der Waals surface area (Å²) in [7, 11) is 2.09. The van der Waals surface area contributed by atoms with Crippen molar-refractivity contribution in [3.05, 3.63) is 0 Å². The first kappa shape index (κ1) is 14.9. The van der Waals surface area contributed by atoms with Crippen molar-refractivity contribution >= 4 is 0 Å². The molecule has 1 aliphatic rings. The SMILES string of the molecule is CCCNCCCN(C)CC1(O)CCOCC1. The maximum atomic E-state index is 10.3. The van der Waals surface area contributed by atoms with Gasteiger partial charge in [-0.25, -0.2) is 0 Å². The van der Waals surface area contributed by atoms with Gasteiger partial charge in [-0.15, -0.1) is 0 Å². The van der Waals surface area contributed by atoms with Crippen LogP contribution in [0.25, 0.3) is 0 Å². The Morgan fingerprint density at radius 3 is 2.65 bits per heavy atom. The molecule has 0 aromatic carbocycles. The normalized spacial score (nSPS) is 19.8. The molecule has 0 aliphatic carbocycles. The maximum Gasteiger partial charge on any atom is 0.0817 e. The summed E-state index contributed by atoms with van der Waals surface area (Å²) < 4.78 is 5.28. The lowest BCUT2D eigenvalue weighted by Crippen LogP contribution is -2.46. The van der Waals surface area contributed by atoms with Crippen LogP contribution in [0.15, 0.2) is 0 Å². The molecule has 0 bridgehead atoms. The summed E-state index contributed by atoms with van der Waals surface area (Å²) >= 11 is 0.